The van der Waals surface area contributed by atoms with Crippen molar-refractivity contribution >= 4 is 22.6 Å². The first-order valence-corrected chi connectivity index (χ1v) is 6.86. The van der Waals surface area contributed by atoms with Crippen molar-refractivity contribution in [2.45, 2.75) is 13.5 Å². The van der Waals surface area contributed by atoms with Crippen LogP contribution in [0.25, 0.3) is 16.7 Å². The van der Waals surface area contributed by atoms with E-state index in [-0.39, 0.29) is 11.1 Å². The Balaban J connectivity index is 2.65. The molecule has 0 saturated carbocycles. The van der Waals surface area contributed by atoms with Crippen LogP contribution in [0, 0.1) is 0 Å². The molecule has 7 heteroatoms. The Kier molecular flexibility index (Phi) is 3.25. The second kappa shape index (κ2) is 5.10. The van der Waals surface area contributed by atoms with E-state index in [4.69, 9.17) is 5.73 Å². The molecule has 3 aromatic rings. The SMILES string of the molecule is CCn1c(=NC)c(C(N)=O)cc2c(=O)n3ccccc3nc21. The molecule has 0 aliphatic heterocycles. The molecule has 0 atom stereocenters. The van der Waals surface area contributed by atoms with Crippen LogP contribution in [-0.4, -0.2) is 26.9 Å². The van der Waals surface area contributed by atoms with Crippen molar-refractivity contribution in [2.24, 2.45) is 10.7 Å². The lowest BCUT2D eigenvalue weighted by Gasteiger charge is -2.12. The molecule has 22 heavy (non-hydrogen) atoms. The molecule has 0 spiro atoms. The molecule has 0 aliphatic carbocycles. The fraction of sp³-hybridized carbons (Fsp3) is 0.200. The van der Waals surface area contributed by atoms with Gasteiger partial charge in [0.15, 0.2) is 0 Å². The van der Waals surface area contributed by atoms with Crippen molar-refractivity contribution in [2.75, 3.05) is 7.05 Å². The Morgan fingerprint density at radius 2 is 2.18 bits per heavy atom. The van der Waals surface area contributed by atoms with Gasteiger partial charge < -0.3 is 10.3 Å². The number of rotatable bonds is 2. The van der Waals surface area contributed by atoms with Gasteiger partial charge in [0.05, 0.1) is 10.9 Å². The van der Waals surface area contributed by atoms with Gasteiger partial charge in [-0.3, -0.25) is 19.0 Å². The Morgan fingerprint density at radius 1 is 1.41 bits per heavy atom. The van der Waals surface area contributed by atoms with E-state index in [1.54, 1.807) is 29.9 Å². The predicted octanol–water partition coefficient (Wildman–Crippen LogP) is 0.298. The molecule has 0 fully saturated rings. The highest BCUT2D eigenvalue weighted by Crippen LogP contribution is 2.10. The quantitative estimate of drug-likeness (QED) is 0.689. The summed E-state index contributed by atoms with van der Waals surface area (Å²) < 4.78 is 3.17. The fourth-order valence-electron chi connectivity index (χ4n) is 2.60. The molecule has 0 aliphatic rings. The van der Waals surface area contributed by atoms with Crippen molar-refractivity contribution in [3.8, 4) is 0 Å². The van der Waals surface area contributed by atoms with Gasteiger partial charge in [0, 0.05) is 19.8 Å². The average Bonchev–Trinajstić information content (AvgIpc) is 2.53. The highest BCUT2D eigenvalue weighted by Gasteiger charge is 2.15. The first-order chi connectivity index (χ1) is 10.6. The Morgan fingerprint density at radius 3 is 2.82 bits per heavy atom. The monoisotopic (exact) mass is 297 g/mol. The summed E-state index contributed by atoms with van der Waals surface area (Å²) in [5.74, 6) is -0.623. The van der Waals surface area contributed by atoms with Crippen molar-refractivity contribution in [1.29, 1.82) is 0 Å². The van der Waals surface area contributed by atoms with Crippen LogP contribution < -0.4 is 16.8 Å². The van der Waals surface area contributed by atoms with Crippen LogP contribution in [0.4, 0.5) is 0 Å². The van der Waals surface area contributed by atoms with Gasteiger partial charge in [-0.15, -0.1) is 0 Å². The third kappa shape index (κ3) is 1.90. The molecule has 3 rings (SSSR count). The number of carbonyl (C=O) groups is 1. The number of primary amides is 1. The maximum atomic E-state index is 12.7. The van der Waals surface area contributed by atoms with Crippen LogP contribution in [-0.2, 0) is 6.54 Å². The molecule has 2 N–H and O–H groups in total. The number of aromatic nitrogens is 3. The number of fused-ring (bicyclic) bond motifs is 2. The van der Waals surface area contributed by atoms with Crippen molar-refractivity contribution in [3.63, 3.8) is 0 Å². The zero-order chi connectivity index (χ0) is 15.9. The smallest absolute Gasteiger partial charge is 0.267 e. The van der Waals surface area contributed by atoms with E-state index in [2.05, 4.69) is 9.98 Å². The molecule has 3 aromatic heterocycles. The second-order valence-electron chi connectivity index (χ2n) is 4.80. The number of pyridine rings is 2. The highest BCUT2D eigenvalue weighted by molar-refractivity contribution is 5.95. The Labute approximate surface area is 125 Å². The normalized spacial score (nSPS) is 12.2. The van der Waals surface area contributed by atoms with Gasteiger partial charge in [-0.25, -0.2) is 4.98 Å². The Bertz CT molecular complexity index is 1030. The van der Waals surface area contributed by atoms with Crippen LogP contribution in [0.1, 0.15) is 17.3 Å². The van der Waals surface area contributed by atoms with Crippen molar-refractivity contribution < 1.29 is 4.79 Å². The van der Waals surface area contributed by atoms with Crippen LogP contribution in [0.5, 0.6) is 0 Å². The number of nitrogens with two attached hydrogens (primary N) is 1. The zero-order valence-corrected chi connectivity index (χ0v) is 12.3. The van der Waals surface area contributed by atoms with Crippen LogP contribution in [0.3, 0.4) is 0 Å². The lowest BCUT2D eigenvalue weighted by Crippen LogP contribution is -2.32. The molecule has 0 unspecified atom stereocenters. The first-order valence-electron chi connectivity index (χ1n) is 6.86. The fourth-order valence-corrected chi connectivity index (χ4v) is 2.60. The van der Waals surface area contributed by atoms with Crippen molar-refractivity contribution in [3.05, 3.63) is 51.9 Å². The van der Waals surface area contributed by atoms with Gasteiger partial charge in [0.1, 0.15) is 16.8 Å². The summed E-state index contributed by atoms with van der Waals surface area (Å²) in [5.41, 5.74) is 6.85. The molecule has 0 aromatic carbocycles. The van der Waals surface area contributed by atoms with Gasteiger partial charge in [-0.05, 0) is 25.1 Å². The maximum absolute atomic E-state index is 12.7. The lowest BCUT2D eigenvalue weighted by molar-refractivity contribution is 0.0998. The molecule has 0 radical (unpaired) electrons. The van der Waals surface area contributed by atoms with Crippen LogP contribution in [0.2, 0.25) is 0 Å². The summed E-state index contributed by atoms with van der Waals surface area (Å²) in [4.78, 5) is 33.0. The van der Waals surface area contributed by atoms with Gasteiger partial charge in [-0.2, -0.15) is 0 Å². The lowest BCUT2D eigenvalue weighted by atomic mass is 10.2. The molecule has 1 amide bonds. The Hall–Kier alpha value is -2.96. The third-order valence-electron chi connectivity index (χ3n) is 3.58. The topological polar surface area (TPSA) is 94.8 Å². The molecular formula is C15H15N5O2. The highest BCUT2D eigenvalue weighted by atomic mass is 16.1. The first kappa shape index (κ1) is 14.0. The van der Waals surface area contributed by atoms with E-state index in [0.29, 0.717) is 28.7 Å². The van der Waals surface area contributed by atoms with E-state index in [1.165, 1.54) is 10.5 Å². The van der Waals surface area contributed by atoms with Gasteiger partial charge in [0.25, 0.3) is 11.5 Å². The zero-order valence-electron chi connectivity index (χ0n) is 12.3. The maximum Gasteiger partial charge on any atom is 0.267 e. The largest absolute Gasteiger partial charge is 0.365 e. The number of amides is 1. The summed E-state index contributed by atoms with van der Waals surface area (Å²) in [6.07, 6.45) is 1.64. The minimum Gasteiger partial charge on any atom is -0.365 e. The van der Waals surface area contributed by atoms with E-state index in [1.807, 2.05) is 13.0 Å². The predicted molar refractivity (Wildman–Crippen MR) is 82.6 cm³/mol. The minimum atomic E-state index is -0.623. The molecule has 112 valence electrons. The van der Waals surface area contributed by atoms with E-state index < -0.39 is 5.91 Å². The summed E-state index contributed by atoms with van der Waals surface area (Å²) in [5, 5.41) is 0.340. The average molecular weight is 297 g/mol. The number of nitrogens with zero attached hydrogens (tertiary/aromatic N) is 4. The standard InChI is InChI=1S/C15H15N5O2/c1-3-19-13(17-2)9(12(16)21)8-10-14(19)18-11-6-4-5-7-20(11)15(10)22/h4-8H,3H2,1-2H3,(H2,16,21). The van der Waals surface area contributed by atoms with Crippen molar-refractivity contribution in [1.82, 2.24) is 14.0 Å². The third-order valence-corrected chi connectivity index (χ3v) is 3.58. The molecule has 0 bridgehead atoms. The summed E-state index contributed by atoms with van der Waals surface area (Å²) in [6, 6.07) is 6.79. The number of aryl methyl sites for hydroxylation is 1. The number of carbonyl (C=O) groups excluding carboxylic acids is 1. The van der Waals surface area contributed by atoms with Gasteiger partial charge in [0.2, 0.25) is 0 Å². The molecular weight excluding hydrogens is 282 g/mol. The molecule has 7 nitrogen and oxygen atoms in total. The number of hydrogen-bond donors (Lipinski definition) is 1. The second-order valence-corrected chi connectivity index (χ2v) is 4.80. The van der Waals surface area contributed by atoms with E-state index in [0.717, 1.165) is 0 Å². The van der Waals surface area contributed by atoms with Crippen LogP contribution in [0.15, 0.2) is 40.2 Å². The minimum absolute atomic E-state index is 0.214. The molecule has 0 saturated heterocycles. The van der Waals surface area contributed by atoms with Gasteiger partial charge in [-0.1, -0.05) is 6.07 Å². The molecule has 3 heterocycles. The summed E-state index contributed by atoms with van der Waals surface area (Å²) in [6.45, 7) is 2.41. The number of hydrogen-bond acceptors (Lipinski definition) is 4. The summed E-state index contributed by atoms with van der Waals surface area (Å²) in [7, 11) is 1.58. The van der Waals surface area contributed by atoms with Crippen LogP contribution >= 0.6 is 0 Å². The van der Waals surface area contributed by atoms with Gasteiger partial charge >= 0.3 is 0 Å². The van der Waals surface area contributed by atoms with E-state index in [9.17, 15) is 9.59 Å². The summed E-state index contributed by atoms with van der Waals surface area (Å²) >= 11 is 0. The van der Waals surface area contributed by atoms with E-state index >= 15 is 0 Å².